The number of methoxy groups -OCH3 is 1. The molecule has 0 aliphatic rings. The molecule has 2 N–H and O–H groups in total. The maximum Gasteiger partial charge on any atom is 0.272 e. The molecular weight excluding hydrogens is 460 g/mol. The standard InChI is InChI=1S/C24H25ClN4O3S/c1-3-13-33-24-26-15-19(25)21(29-24)23(31)28-20(14-16-7-5-4-6-8-16)22(30)27-17-9-11-18(32-2)12-10-17/h4-12,15,20H,3,13-14H2,1-2H3,(H,27,30)(H,28,31). The quantitative estimate of drug-likeness (QED) is 0.322. The van der Waals surface area contributed by atoms with E-state index in [0.29, 0.717) is 23.0 Å². The molecule has 1 heterocycles. The zero-order valence-electron chi connectivity index (χ0n) is 18.4. The number of thioether (sulfide) groups is 1. The zero-order chi connectivity index (χ0) is 23.6. The van der Waals surface area contributed by atoms with Crippen LogP contribution in [-0.4, -0.2) is 40.7 Å². The third-order valence-corrected chi connectivity index (χ3v) is 5.98. The molecule has 3 rings (SSSR count). The van der Waals surface area contributed by atoms with Gasteiger partial charge in [-0.15, -0.1) is 0 Å². The van der Waals surface area contributed by atoms with Crippen LogP contribution in [0.1, 0.15) is 29.4 Å². The largest absolute Gasteiger partial charge is 0.497 e. The average molecular weight is 485 g/mol. The molecule has 0 aliphatic heterocycles. The van der Waals surface area contributed by atoms with E-state index in [1.165, 1.54) is 18.0 Å². The van der Waals surface area contributed by atoms with Crippen LogP contribution in [0.4, 0.5) is 5.69 Å². The molecule has 0 saturated heterocycles. The third-order valence-electron chi connectivity index (χ3n) is 4.63. The summed E-state index contributed by atoms with van der Waals surface area (Å²) in [4.78, 5) is 34.6. The molecule has 1 unspecified atom stereocenters. The number of carbonyl (C=O) groups is 2. The number of ether oxygens (including phenoxy) is 1. The van der Waals surface area contributed by atoms with Crippen molar-refractivity contribution in [2.75, 3.05) is 18.2 Å². The van der Waals surface area contributed by atoms with Gasteiger partial charge >= 0.3 is 0 Å². The Hall–Kier alpha value is -3.10. The number of nitrogens with zero attached hydrogens (tertiary/aromatic N) is 2. The van der Waals surface area contributed by atoms with Crippen molar-refractivity contribution in [1.82, 2.24) is 15.3 Å². The van der Waals surface area contributed by atoms with E-state index in [-0.39, 0.29) is 16.6 Å². The van der Waals surface area contributed by atoms with Crippen LogP contribution in [0.15, 0.2) is 66.0 Å². The minimum absolute atomic E-state index is 0.0422. The van der Waals surface area contributed by atoms with Gasteiger partial charge in [0.1, 0.15) is 11.8 Å². The summed E-state index contributed by atoms with van der Waals surface area (Å²) in [5.74, 6) is 0.607. The molecule has 7 nitrogen and oxygen atoms in total. The van der Waals surface area contributed by atoms with Gasteiger partial charge in [0.05, 0.1) is 18.3 Å². The first-order valence-electron chi connectivity index (χ1n) is 10.4. The van der Waals surface area contributed by atoms with E-state index >= 15 is 0 Å². The Morgan fingerprint density at radius 1 is 1.12 bits per heavy atom. The molecule has 3 aromatic rings. The second kappa shape index (κ2) is 12.2. The van der Waals surface area contributed by atoms with Crippen molar-refractivity contribution >= 4 is 40.9 Å². The Balaban J connectivity index is 1.80. The maximum absolute atomic E-state index is 13.1. The van der Waals surface area contributed by atoms with Gasteiger partial charge in [-0.2, -0.15) is 0 Å². The van der Waals surface area contributed by atoms with Crippen molar-refractivity contribution in [2.24, 2.45) is 0 Å². The predicted molar refractivity (Wildman–Crippen MR) is 131 cm³/mol. The first-order chi connectivity index (χ1) is 16.0. The van der Waals surface area contributed by atoms with Gasteiger partial charge in [0.25, 0.3) is 5.91 Å². The lowest BCUT2D eigenvalue weighted by atomic mass is 10.0. The smallest absolute Gasteiger partial charge is 0.272 e. The van der Waals surface area contributed by atoms with E-state index in [0.717, 1.165) is 17.7 Å². The highest BCUT2D eigenvalue weighted by Crippen LogP contribution is 2.20. The van der Waals surface area contributed by atoms with Crippen LogP contribution in [0.2, 0.25) is 5.02 Å². The first kappa shape index (κ1) is 24.5. The highest BCUT2D eigenvalue weighted by Gasteiger charge is 2.24. The Bertz CT molecular complexity index is 1080. The molecule has 2 aromatic carbocycles. The number of anilines is 1. The Morgan fingerprint density at radius 3 is 2.52 bits per heavy atom. The first-order valence-corrected chi connectivity index (χ1v) is 11.8. The number of hydrogen-bond acceptors (Lipinski definition) is 6. The predicted octanol–water partition coefficient (Wildman–Crippen LogP) is 4.62. The van der Waals surface area contributed by atoms with E-state index in [4.69, 9.17) is 16.3 Å². The maximum atomic E-state index is 13.1. The van der Waals surface area contributed by atoms with E-state index in [2.05, 4.69) is 20.6 Å². The number of halogens is 1. The summed E-state index contributed by atoms with van der Waals surface area (Å²) in [6, 6.07) is 15.6. The van der Waals surface area contributed by atoms with E-state index in [9.17, 15) is 9.59 Å². The van der Waals surface area contributed by atoms with Crippen LogP contribution in [0.3, 0.4) is 0 Å². The highest BCUT2D eigenvalue weighted by atomic mass is 35.5. The van der Waals surface area contributed by atoms with Gasteiger partial charge in [0.2, 0.25) is 5.91 Å². The van der Waals surface area contributed by atoms with Crippen LogP contribution >= 0.6 is 23.4 Å². The van der Waals surface area contributed by atoms with Gasteiger partial charge in [0, 0.05) is 17.9 Å². The second-order valence-corrected chi connectivity index (χ2v) is 8.60. The summed E-state index contributed by atoms with van der Waals surface area (Å²) < 4.78 is 5.15. The SMILES string of the molecule is CCCSc1ncc(Cl)c(C(=O)NC(Cc2ccccc2)C(=O)Nc2ccc(OC)cc2)n1. The highest BCUT2D eigenvalue weighted by molar-refractivity contribution is 7.99. The molecule has 33 heavy (non-hydrogen) atoms. The summed E-state index contributed by atoms with van der Waals surface area (Å²) in [5, 5.41) is 6.23. The summed E-state index contributed by atoms with van der Waals surface area (Å²) in [7, 11) is 1.57. The normalized spacial score (nSPS) is 11.5. The number of carbonyl (C=O) groups excluding carboxylic acids is 2. The average Bonchev–Trinajstić information content (AvgIpc) is 2.84. The molecule has 9 heteroatoms. The summed E-state index contributed by atoms with van der Waals surface area (Å²) in [6.07, 6.45) is 2.66. The number of aromatic nitrogens is 2. The molecule has 172 valence electrons. The van der Waals surface area contributed by atoms with Crippen molar-refractivity contribution in [3.8, 4) is 5.75 Å². The van der Waals surface area contributed by atoms with Crippen LogP contribution in [0.25, 0.3) is 0 Å². The van der Waals surface area contributed by atoms with Gasteiger partial charge < -0.3 is 15.4 Å². The number of amides is 2. The van der Waals surface area contributed by atoms with Crippen molar-refractivity contribution in [2.45, 2.75) is 31.0 Å². The van der Waals surface area contributed by atoms with Crippen LogP contribution in [-0.2, 0) is 11.2 Å². The lowest BCUT2D eigenvalue weighted by molar-refractivity contribution is -0.118. The molecule has 1 aromatic heterocycles. The molecule has 0 bridgehead atoms. The van der Waals surface area contributed by atoms with Gasteiger partial charge in [0.15, 0.2) is 10.9 Å². The van der Waals surface area contributed by atoms with Gasteiger partial charge in [-0.05, 0) is 36.2 Å². The van der Waals surface area contributed by atoms with Crippen LogP contribution in [0, 0.1) is 0 Å². The molecule has 1 atom stereocenters. The fourth-order valence-corrected chi connectivity index (χ4v) is 3.81. The molecule has 0 aliphatic carbocycles. The minimum Gasteiger partial charge on any atom is -0.497 e. The van der Waals surface area contributed by atoms with Crippen molar-refractivity contribution < 1.29 is 14.3 Å². The topological polar surface area (TPSA) is 93.2 Å². The molecule has 0 saturated carbocycles. The molecule has 2 amide bonds. The molecule has 0 spiro atoms. The Morgan fingerprint density at radius 2 is 1.85 bits per heavy atom. The van der Waals surface area contributed by atoms with E-state index in [1.807, 2.05) is 37.3 Å². The molecule has 0 fully saturated rings. The number of nitrogens with one attached hydrogen (secondary N) is 2. The van der Waals surface area contributed by atoms with Gasteiger partial charge in [-0.25, -0.2) is 9.97 Å². The number of hydrogen-bond donors (Lipinski definition) is 2. The summed E-state index contributed by atoms with van der Waals surface area (Å²) >= 11 is 7.64. The second-order valence-electron chi connectivity index (χ2n) is 7.13. The zero-order valence-corrected chi connectivity index (χ0v) is 19.9. The van der Waals surface area contributed by atoms with Crippen molar-refractivity contribution in [3.05, 3.63) is 77.1 Å². The number of benzene rings is 2. The Kier molecular flexibility index (Phi) is 9.09. The van der Waals surface area contributed by atoms with Crippen LogP contribution in [0.5, 0.6) is 5.75 Å². The van der Waals surface area contributed by atoms with Crippen molar-refractivity contribution in [3.63, 3.8) is 0 Å². The van der Waals surface area contributed by atoms with Crippen molar-refractivity contribution in [1.29, 1.82) is 0 Å². The van der Waals surface area contributed by atoms with Gasteiger partial charge in [-0.1, -0.05) is 60.6 Å². The molecule has 0 radical (unpaired) electrons. The fraction of sp³-hybridized carbons (Fsp3) is 0.250. The lowest BCUT2D eigenvalue weighted by Crippen LogP contribution is -2.45. The third kappa shape index (κ3) is 7.20. The number of rotatable bonds is 10. The summed E-state index contributed by atoms with van der Waals surface area (Å²) in [5.41, 5.74) is 1.53. The van der Waals surface area contributed by atoms with E-state index < -0.39 is 11.9 Å². The minimum atomic E-state index is -0.847. The molecular formula is C24H25ClN4O3S. The fourth-order valence-electron chi connectivity index (χ4n) is 2.96. The van der Waals surface area contributed by atoms with Crippen LogP contribution < -0.4 is 15.4 Å². The Labute approximate surface area is 202 Å². The monoisotopic (exact) mass is 484 g/mol. The van der Waals surface area contributed by atoms with E-state index in [1.54, 1.807) is 31.4 Å². The lowest BCUT2D eigenvalue weighted by Gasteiger charge is -2.19. The van der Waals surface area contributed by atoms with Gasteiger partial charge in [-0.3, -0.25) is 9.59 Å². The summed E-state index contributed by atoms with van der Waals surface area (Å²) in [6.45, 7) is 2.05.